The maximum atomic E-state index is 5.56. The normalized spacial score (nSPS) is 10.9. The Labute approximate surface area is 110 Å². The van der Waals surface area contributed by atoms with Gasteiger partial charge in [-0.25, -0.2) is 0 Å². The van der Waals surface area contributed by atoms with Crippen LogP contribution in [0.3, 0.4) is 0 Å². The summed E-state index contributed by atoms with van der Waals surface area (Å²) in [6, 6.07) is 16.5. The Morgan fingerprint density at radius 1 is 1.06 bits per heavy atom. The third kappa shape index (κ3) is 1.77. The van der Waals surface area contributed by atoms with Crippen LogP contribution in [0.5, 0.6) is 0 Å². The second kappa shape index (κ2) is 4.42. The molecule has 3 heteroatoms. The van der Waals surface area contributed by atoms with Crippen LogP contribution in [0.25, 0.3) is 22.2 Å². The molecule has 0 bridgehead atoms. The van der Waals surface area contributed by atoms with Gasteiger partial charge in [0, 0.05) is 6.54 Å². The van der Waals surface area contributed by atoms with Gasteiger partial charge in [-0.3, -0.25) is 4.57 Å². The van der Waals surface area contributed by atoms with E-state index in [2.05, 4.69) is 31.2 Å². The predicted molar refractivity (Wildman–Crippen MR) is 76.1 cm³/mol. The first-order chi connectivity index (χ1) is 8.79. The average Bonchev–Trinajstić information content (AvgIpc) is 2.74. The highest BCUT2D eigenvalue weighted by Gasteiger charge is 2.06. The van der Waals surface area contributed by atoms with Crippen molar-refractivity contribution in [2.75, 3.05) is 0 Å². The zero-order valence-electron chi connectivity index (χ0n) is 10.1. The molecule has 0 unspecified atom stereocenters. The van der Waals surface area contributed by atoms with Gasteiger partial charge in [-0.15, -0.1) is 0 Å². The second-order valence-electron chi connectivity index (χ2n) is 4.16. The van der Waals surface area contributed by atoms with Crippen LogP contribution in [0.1, 0.15) is 6.92 Å². The Morgan fingerprint density at radius 3 is 2.56 bits per heavy atom. The van der Waals surface area contributed by atoms with Gasteiger partial charge in [0.2, 0.25) is 0 Å². The van der Waals surface area contributed by atoms with Gasteiger partial charge < -0.3 is 4.42 Å². The molecule has 0 aliphatic rings. The van der Waals surface area contributed by atoms with Crippen molar-refractivity contribution in [1.29, 1.82) is 0 Å². The van der Waals surface area contributed by atoms with Crippen molar-refractivity contribution in [3.8, 4) is 11.1 Å². The summed E-state index contributed by atoms with van der Waals surface area (Å²) in [5.74, 6) is 0. The number of hydrogen-bond donors (Lipinski definition) is 0. The lowest BCUT2D eigenvalue weighted by Crippen LogP contribution is -1.92. The molecule has 3 rings (SSSR count). The molecule has 0 N–H and O–H groups in total. The molecule has 0 amide bonds. The Hall–Kier alpha value is -1.87. The fourth-order valence-corrected chi connectivity index (χ4v) is 2.49. The van der Waals surface area contributed by atoms with Crippen LogP contribution in [-0.2, 0) is 6.54 Å². The largest absolute Gasteiger partial charge is 0.429 e. The minimum atomic E-state index is 0.540. The summed E-state index contributed by atoms with van der Waals surface area (Å²) in [4.78, 5) is 0.540. The molecule has 0 radical (unpaired) electrons. The number of aryl methyl sites for hydroxylation is 1. The summed E-state index contributed by atoms with van der Waals surface area (Å²) < 4.78 is 7.57. The molecule has 90 valence electrons. The predicted octanol–water partition coefficient (Wildman–Crippen LogP) is 4.65. The Bertz CT molecular complexity index is 740. The van der Waals surface area contributed by atoms with Crippen LogP contribution in [0.2, 0.25) is 0 Å². The molecule has 0 spiro atoms. The van der Waals surface area contributed by atoms with Crippen LogP contribution in [-0.4, -0.2) is 4.57 Å². The SMILES string of the molecule is CCn1c(=S)oc2ccc(-c3ccccc3)cc21. The zero-order valence-corrected chi connectivity index (χ0v) is 10.9. The first-order valence-electron chi connectivity index (χ1n) is 5.98. The molecular formula is C15H13NOS. The minimum absolute atomic E-state index is 0.540. The van der Waals surface area contributed by atoms with E-state index in [1.165, 1.54) is 11.1 Å². The zero-order chi connectivity index (χ0) is 12.5. The first-order valence-corrected chi connectivity index (χ1v) is 6.39. The highest BCUT2D eigenvalue weighted by Crippen LogP contribution is 2.25. The van der Waals surface area contributed by atoms with Crippen LogP contribution in [0, 0.1) is 4.84 Å². The molecule has 1 aromatic heterocycles. The second-order valence-corrected chi connectivity index (χ2v) is 4.51. The summed E-state index contributed by atoms with van der Waals surface area (Å²) >= 11 is 5.21. The van der Waals surface area contributed by atoms with Crippen LogP contribution >= 0.6 is 12.2 Å². The number of rotatable bonds is 2. The molecule has 0 atom stereocenters. The third-order valence-corrected chi connectivity index (χ3v) is 3.39. The fraction of sp³-hybridized carbons (Fsp3) is 0.133. The van der Waals surface area contributed by atoms with E-state index in [1.54, 1.807) is 0 Å². The molecule has 0 fully saturated rings. The van der Waals surface area contributed by atoms with Crippen LogP contribution in [0.15, 0.2) is 52.9 Å². The van der Waals surface area contributed by atoms with E-state index < -0.39 is 0 Å². The molecule has 18 heavy (non-hydrogen) atoms. The molecule has 0 aliphatic carbocycles. The van der Waals surface area contributed by atoms with Crippen molar-refractivity contribution in [2.24, 2.45) is 0 Å². The standard InChI is InChI=1S/C15H13NOS/c1-2-16-13-10-12(11-6-4-3-5-7-11)8-9-14(13)17-15(16)18/h3-10H,2H2,1H3. The fourth-order valence-electron chi connectivity index (χ4n) is 2.17. The maximum absolute atomic E-state index is 5.56. The number of oxazole rings is 1. The summed E-state index contributed by atoms with van der Waals surface area (Å²) in [6.45, 7) is 2.89. The molecular weight excluding hydrogens is 242 g/mol. The maximum Gasteiger partial charge on any atom is 0.269 e. The topological polar surface area (TPSA) is 18.1 Å². The number of benzene rings is 2. The van der Waals surface area contributed by atoms with Gasteiger partial charge in [0.25, 0.3) is 4.84 Å². The van der Waals surface area contributed by atoms with Crippen molar-refractivity contribution in [3.05, 3.63) is 53.4 Å². The van der Waals surface area contributed by atoms with Gasteiger partial charge >= 0.3 is 0 Å². The van der Waals surface area contributed by atoms with Crippen molar-refractivity contribution in [1.82, 2.24) is 4.57 Å². The quantitative estimate of drug-likeness (QED) is 0.620. The number of nitrogens with zero attached hydrogens (tertiary/aromatic N) is 1. The Morgan fingerprint density at radius 2 is 1.83 bits per heavy atom. The number of fused-ring (bicyclic) bond motifs is 1. The first kappa shape index (κ1) is 11.2. The lowest BCUT2D eigenvalue weighted by Gasteiger charge is -2.02. The number of aromatic nitrogens is 1. The Kier molecular flexibility index (Phi) is 2.76. The number of hydrogen-bond acceptors (Lipinski definition) is 2. The molecule has 0 saturated carbocycles. The highest BCUT2D eigenvalue weighted by molar-refractivity contribution is 7.71. The van der Waals surface area contributed by atoms with Gasteiger partial charge in [-0.1, -0.05) is 36.4 Å². The molecule has 1 heterocycles. The molecule has 3 aromatic rings. The van der Waals surface area contributed by atoms with E-state index in [-0.39, 0.29) is 0 Å². The molecule has 0 aliphatic heterocycles. The summed E-state index contributed by atoms with van der Waals surface area (Å²) in [5.41, 5.74) is 4.29. The lowest BCUT2D eigenvalue weighted by atomic mass is 10.1. The van der Waals surface area contributed by atoms with E-state index in [4.69, 9.17) is 16.6 Å². The van der Waals surface area contributed by atoms with Crippen molar-refractivity contribution in [3.63, 3.8) is 0 Å². The van der Waals surface area contributed by atoms with Gasteiger partial charge in [0.15, 0.2) is 5.58 Å². The Balaban J connectivity index is 2.25. The van der Waals surface area contributed by atoms with E-state index >= 15 is 0 Å². The highest BCUT2D eigenvalue weighted by atomic mass is 32.1. The van der Waals surface area contributed by atoms with Crippen molar-refractivity contribution in [2.45, 2.75) is 13.5 Å². The summed E-state index contributed by atoms with van der Waals surface area (Å²) in [7, 11) is 0. The lowest BCUT2D eigenvalue weighted by molar-refractivity contribution is 0.544. The van der Waals surface area contributed by atoms with Crippen molar-refractivity contribution >= 4 is 23.3 Å². The smallest absolute Gasteiger partial charge is 0.269 e. The van der Waals surface area contributed by atoms with E-state index in [0.29, 0.717) is 4.84 Å². The van der Waals surface area contributed by atoms with E-state index in [1.807, 2.05) is 28.8 Å². The van der Waals surface area contributed by atoms with Gasteiger partial charge in [-0.2, -0.15) is 0 Å². The van der Waals surface area contributed by atoms with Crippen LogP contribution in [0.4, 0.5) is 0 Å². The summed E-state index contributed by atoms with van der Waals surface area (Å²) in [5, 5.41) is 0. The van der Waals surface area contributed by atoms with E-state index in [9.17, 15) is 0 Å². The third-order valence-electron chi connectivity index (χ3n) is 3.09. The van der Waals surface area contributed by atoms with E-state index in [0.717, 1.165) is 17.6 Å². The molecule has 2 nitrogen and oxygen atoms in total. The van der Waals surface area contributed by atoms with Crippen LogP contribution < -0.4 is 0 Å². The molecule has 0 saturated heterocycles. The monoisotopic (exact) mass is 255 g/mol. The van der Waals surface area contributed by atoms with Gasteiger partial charge in [-0.05, 0) is 42.4 Å². The van der Waals surface area contributed by atoms with Crippen molar-refractivity contribution < 1.29 is 4.42 Å². The summed E-state index contributed by atoms with van der Waals surface area (Å²) in [6.07, 6.45) is 0. The molecule has 2 aromatic carbocycles. The van der Waals surface area contributed by atoms with Gasteiger partial charge in [0.05, 0.1) is 5.52 Å². The average molecular weight is 255 g/mol. The van der Waals surface area contributed by atoms with Gasteiger partial charge in [0.1, 0.15) is 0 Å². The minimum Gasteiger partial charge on any atom is -0.429 e.